The third kappa shape index (κ3) is 2.73. The van der Waals surface area contributed by atoms with Crippen LogP contribution in [0.1, 0.15) is 62.8 Å². The van der Waals surface area contributed by atoms with Gasteiger partial charge in [0.15, 0.2) is 0 Å². The summed E-state index contributed by atoms with van der Waals surface area (Å²) in [5.74, 6) is 0.846. The van der Waals surface area contributed by atoms with Crippen LogP contribution in [0.4, 0.5) is 11.4 Å². The highest BCUT2D eigenvalue weighted by atomic mass is 15.1. The maximum Gasteiger partial charge on any atom is 0.0364 e. The average Bonchev–Trinajstić information content (AvgIpc) is 3.13. The fraction of sp³-hybridized carbons (Fsp3) is 0.484. The Bertz CT molecular complexity index is 1150. The van der Waals surface area contributed by atoms with E-state index in [2.05, 4.69) is 126 Å². The lowest BCUT2D eigenvalue weighted by Crippen LogP contribution is -2.45. The molecular formula is C31H40N2. The van der Waals surface area contributed by atoms with Gasteiger partial charge in [0.05, 0.1) is 0 Å². The van der Waals surface area contributed by atoms with Crippen molar-refractivity contribution in [3.05, 3.63) is 83.0 Å². The molecule has 0 saturated heterocycles. The fourth-order valence-corrected chi connectivity index (χ4v) is 7.64. The van der Waals surface area contributed by atoms with Crippen LogP contribution in [0, 0.1) is 11.8 Å². The third-order valence-corrected chi connectivity index (χ3v) is 9.23. The highest BCUT2D eigenvalue weighted by Crippen LogP contribution is 2.70. The van der Waals surface area contributed by atoms with Crippen molar-refractivity contribution in [3.63, 3.8) is 0 Å². The summed E-state index contributed by atoms with van der Waals surface area (Å²) >= 11 is 0. The number of rotatable bonds is 3. The highest BCUT2D eigenvalue weighted by molar-refractivity contribution is 5.70. The van der Waals surface area contributed by atoms with Crippen molar-refractivity contribution in [2.45, 2.75) is 56.8 Å². The van der Waals surface area contributed by atoms with Gasteiger partial charge in [-0.15, -0.1) is 0 Å². The summed E-state index contributed by atoms with van der Waals surface area (Å²) in [4.78, 5) is 4.52. The smallest absolute Gasteiger partial charge is 0.0364 e. The molecule has 174 valence electrons. The van der Waals surface area contributed by atoms with E-state index in [-0.39, 0.29) is 16.2 Å². The Morgan fingerprint density at radius 1 is 0.818 bits per heavy atom. The summed E-state index contributed by atoms with van der Waals surface area (Å²) in [6.07, 6.45) is 12.2. The Labute approximate surface area is 201 Å². The van der Waals surface area contributed by atoms with E-state index in [4.69, 9.17) is 0 Å². The Hall–Kier alpha value is -2.48. The van der Waals surface area contributed by atoms with Gasteiger partial charge < -0.3 is 9.80 Å². The molecule has 5 rings (SSSR count). The topological polar surface area (TPSA) is 6.48 Å². The van der Waals surface area contributed by atoms with Gasteiger partial charge in [-0.25, -0.2) is 0 Å². The first-order valence-electron chi connectivity index (χ1n) is 12.5. The fourth-order valence-electron chi connectivity index (χ4n) is 7.64. The number of benzene rings is 2. The first kappa shape index (κ1) is 22.3. The van der Waals surface area contributed by atoms with E-state index >= 15 is 0 Å². The van der Waals surface area contributed by atoms with Crippen molar-refractivity contribution in [2.75, 3.05) is 38.0 Å². The molecule has 0 bridgehead atoms. The minimum Gasteiger partial charge on any atom is -0.378 e. The Kier molecular flexibility index (Phi) is 4.91. The number of fused-ring (bicyclic) bond motifs is 7. The number of anilines is 2. The lowest BCUT2D eigenvalue weighted by molar-refractivity contribution is 0.192. The second kappa shape index (κ2) is 7.26. The second-order valence-electron chi connectivity index (χ2n) is 11.7. The van der Waals surface area contributed by atoms with Gasteiger partial charge in [0.25, 0.3) is 0 Å². The summed E-state index contributed by atoms with van der Waals surface area (Å²) in [7, 11) is 8.65. The first-order chi connectivity index (χ1) is 15.6. The number of allylic oxidation sites excluding steroid dienone is 4. The van der Waals surface area contributed by atoms with E-state index in [0.717, 1.165) is 0 Å². The molecule has 2 nitrogen and oxygen atoms in total. The molecule has 0 N–H and O–H groups in total. The maximum absolute atomic E-state index is 2.59. The van der Waals surface area contributed by atoms with Gasteiger partial charge >= 0.3 is 0 Å². The van der Waals surface area contributed by atoms with Crippen molar-refractivity contribution in [2.24, 2.45) is 11.8 Å². The van der Waals surface area contributed by atoms with Gasteiger partial charge in [0, 0.05) is 62.2 Å². The Balaban J connectivity index is 1.95. The molecule has 0 radical (unpaired) electrons. The molecule has 3 aliphatic rings. The summed E-state index contributed by atoms with van der Waals surface area (Å²) in [6, 6.07) is 14.6. The van der Waals surface area contributed by atoms with Gasteiger partial charge in [-0.2, -0.15) is 0 Å². The Morgan fingerprint density at radius 3 is 1.97 bits per heavy atom. The molecule has 2 heteroatoms. The van der Waals surface area contributed by atoms with Crippen LogP contribution in [0.2, 0.25) is 0 Å². The van der Waals surface area contributed by atoms with Crippen LogP contribution in [0.15, 0.2) is 60.7 Å². The zero-order valence-corrected chi connectivity index (χ0v) is 21.7. The summed E-state index contributed by atoms with van der Waals surface area (Å²) in [5, 5.41) is 0. The predicted octanol–water partition coefficient (Wildman–Crippen LogP) is 6.83. The number of hydrogen-bond donors (Lipinski definition) is 0. The number of nitrogens with zero attached hydrogens (tertiary/aromatic N) is 2. The molecule has 33 heavy (non-hydrogen) atoms. The predicted molar refractivity (Wildman–Crippen MR) is 143 cm³/mol. The molecule has 2 aromatic carbocycles. The molecule has 0 heterocycles. The first-order valence-corrected chi connectivity index (χ1v) is 12.5. The van der Waals surface area contributed by atoms with Crippen molar-refractivity contribution in [1.29, 1.82) is 0 Å². The molecule has 0 saturated carbocycles. The van der Waals surface area contributed by atoms with Crippen LogP contribution in [0.5, 0.6) is 0 Å². The quantitative estimate of drug-likeness (QED) is 0.483. The molecule has 2 aromatic rings. The lowest BCUT2D eigenvalue weighted by atomic mass is 9.56. The summed E-state index contributed by atoms with van der Waals surface area (Å²) < 4.78 is 0. The average molecular weight is 441 g/mol. The summed E-state index contributed by atoms with van der Waals surface area (Å²) in [5.41, 5.74) is 8.91. The lowest BCUT2D eigenvalue weighted by Gasteiger charge is -2.46. The third-order valence-electron chi connectivity index (χ3n) is 9.23. The van der Waals surface area contributed by atoms with Crippen LogP contribution in [0.3, 0.4) is 0 Å². The van der Waals surface area contributed by atoms with E-state index in [1.165, 1.54) is 29.8 Å². The second-order valence-corrected chi connectivity index (χ2v) is 11.7. The zero-order chi connectivity index (χ0) is 23.8. The number of hydrogen-bond acceptors (Lipinski definition) is 2. The van der Waals surface area contributed by atoms with Crippen LogP contribution >= 0.6 is 0 Å². The van der Waals surface area contributed by atoms with E-state index in [9.17, 15) is 0 Å². The highest BCUT2D eigenvalue weighted by Gasteiger charge is 2.67. The molecule has 4 atom stereocenters. The van der Waals surface area contributed by atoms with Gasteiger partial charge in [0.2, 0.25) is 0 Å². The molecule has 1 spiro atoms. The molecule has 0 aromatic heterocycles. The van der Waals surface area contributed by atoms with Crippen LogP contribution in [-0.2, 0) is 16.2 Å². The largest absolute Gasteiger partial charge is 0.378 e. The van der Waals surface area contributed by atoms with Crippen molar-refractivity contribution in [3.8, 4) is 0 Å². The standard InChI is InChI=1S/C31H40N2/c1-9-12-27-29(2,3)23-16-14-21(32(5)6)19-25(23)31(27)26-20-22(33(7)8)15-17-24(26)30(4)18-11-10-13-28(30)31/h9-10,12-17,19-20,27-28H,11,18H2,1-8H3/b12-9-. The monoisotopic (exact) mass is 440 g/mol. The summed E-state index contributed by atoms with van der Waals surface area (Å²) in [6.45, 7) is 9.67. The van der Waals surface area contributed by atoms with Crippen LogP contribution in [-0.4, -0.2) is 28.2 Å². The molecule has 0 aliphatic heterocycles. The molecule has 3 aliphatic carbocycles. The van der Waals surface area contributed by atoms with Gasteiger partial charge in [-0.05, 0) is 71.7 Å². The van der Waals surface area contributed by atoms with Crippen LogP contribution < -0.4 is 9.80 Å². The molecule has 4 unspecified atom stereocenters. The normalized spacial score (nSPS) is 31.0. The van der Waals surface area contributed by atoms with E-state index < -0.39 is 0 Å². The van der Waals surface area contributed by atoms with Crippen molar-refractivity contribution in [1.82, 2.24) is 0 Å². The SMILES string of the molecule is C/C=C\C1C(C)(C)c2ccc(N(C)C)cc2C12c1cc(N(C)C)ccc1C1(C)CCC=CC12. The minimum absolute atomic E-state index is 0.0502. The zero-order valence-electron chi connectivity index (χ0n) is 21.7. The molecule has 0 amide bonds. The van der Waals surface area contributed by atoms with Gasteiger partial charge in [-0.3, -0.25) is 0 Å². The van der Waals surface area contributed by atoms with Crippen molar-refractivity contribution < 1.29 is 0 Å². The molecule has 0 fully saturated rings. The van der Waals surface area contributed by atoms with E-state index in [1.807, 2.05) is 0 Å². The van der Waals surface area contributed by atoms with Crippen LogP contribution in [0.25, 0.3) is 0 Å². The molecular weight excluding hydrogens is 400 g/mol. The minimum atomic E-state index is -0.0651. The van der Waals surface area contributed by atoms with E-state index in [1.54, 1.807) is 16.7 Å². The maximum atomic E-state index is 2.59. The Morgan fingerprint density at radius 2 is 1.39 bits per heavy atom. The van der Waals surface area contributed by atoms with Crippen molar-refractivity contribution >= 4 is 11.4 Å². The van der Waals surface area contributed by atoms with Gasteiger partial charge in [0.1, 0.15) is 0 Å². The van der Waals surface area contributed by atoms with E-state index in [0.29, 0.717) is 11.8 Å². The van der Waals surface area contributed by atoms with Gasteiger partial charge in [-0.1, -0.05) is 57.2 Å².